The van der Waals surface area contributed by atoms with Crippen LogP contribution >= 0.6 is 33.8 Å². The van der Waals surface area contributed by atoms with Crippen LogP contribution in [0.1, 0.15) is 124 Å². The van der Waals surface area contributed by atoms with Crippen molar-refractivity contribution < 1.29 is 48.2 Å². The van der Waals surface area contributed by atoms with E-state index in [0.29, 0.717) is 72.0 Å². The van der Waals surface area contributed by atoms with E-state index >= 15 is 28.8 Å². The monoisotopic (exact) mass is 1600 g/mol. The summed E-state index contributed by atoms with van der Waals surface area (Å²) in [5.41, 5.74) is 8.19. The molecule has 0 saturated carbocycles. The Hall–Kier alpha value is -9.51. The fraction of sp³-hybridized carbons (Fsp3) is 0.453. The van der Waals surface area contributed by atoms with Crippen molar-refractivity contribution in [3.8, 4) is 16.9 Å². The van der Waals surface area contributed by atoms with E-state index in [4.69, 9.17) is 17.0 Å². The Morgan fingerprint density at radius 2 is 1.11 bits per heavy atom. The number of H-pyrrole nitrogens is 1. The Bertz CT molecular complexity index is 4320. The molecule has 604 valence electrons. The molecule has 10 rings (SSSR count). The third kappa shape index (κ3) is 25.2. The highest BCUT2D eigenvalue weighted by atomic mass is 33.1. The van der Waals surface area contributed by atoms with Crippen LogP contribution in [0.4, 0.5) is 10.5 Å². The topological polar surface area (TPSA) is 303 Å². The quantitative estimate of drug-likeness (QED) is 0.0152. The van der Waals surface area contributed by atoms with Gasteiger partial charge in [0.05, 0.1) is 0 Å². The van der Waals surface area contributed by atoms with Crippen LogP contribution < -0.4 is 47.9 Å². The molecule has 24 nitrogen and oxygen atoms in total. The van der Waals surface area contributed by atoms with E-state index in [0.717, 1.165) is 72.4 Å². The summed E-state index contributed by atoms with van der Waals surface area (Å²) in [4.78, 5) is 130. The van der Waals surface area contributed by atoms with Gasteiger partial charge in [-0.2, -0.15) is 0 Å². The second-order valence-corrected chi connectivity index (χ2v) is 35.5. The van der Waals surface area contributed by atoms with Crippen LogP contribution in [0, 0.1) is 5.92 Å². The zero-order valence-electron chi connectivity index (χ0n) is 66.4. The molecule has 0 radical (unpaired) electrons. The zero-order chi connectivity index (χ0) is 80.8. The van der Waals surface area contributed by atoms with Gasteiger partial charge in [-0.1, -0.05) is 145 Å². The maximum atomic E-state index is 15.5. The number of thiocarbonyl (C=S) groups is 1. The van der Waals surface area contributed by atoms with Crippen LogP contribution in [-0.2, 0) is 52.8 Å². The molecule has 7 aromatic rings. The Morgan fingerprint density at radius 3 is 1.74 bits per heavy atom. The molecule has 1 aliphatic carbocycles. The molecule has 2 saturated heterocycles. The van der Waals surface area contributed by atoms with E-state index in [9.17, 15) is 14.7 Å². The number of benzene rings is 6. The first-order valence-electron chi connectivity index (χ1n) is 39.3. The van der Waals surface area contributed by atoms with Gasteiger partial charge in [0, 0.05) is 136 Å². The number of carbonyl (C=O) groups is 8. The molecule has 2 fully saturated rings. The van der Waals surface area contributed by atoms with E-state index in [1.165, 1.54) is 24.1 Å². The van der Waals surface area contributed by atoms with Crippen molar-refractivity contribution in [2.75, 3.05) is 98.5 Å². The summed E-state index contributed by atoms with van der Waals surface area (Å²) < 4.78 is 5.99. The lowest BCUT2D eigenvalue weighted by Gasteiger charge is -2.34. The fourth-order valence-corrected chi connectivity index (χ4v) is 17.7. The van der Waals surface area contributed by atoms with Crippen molar-refractivity contribution in [1.82, 2.24) is 67.1 Å². The first-order chi connectivity index (χ1) is 54.2. The summed E-state index contributed by atoms with van der Waals surface area (Å²) >= 11 is 5.74. The molecule has 0 bridgehead atoms. The van der Waals surface area contributed by atoms with Gasteiger partial charge >= 0.3 is 6.09 Å². The lowest BCUT2D eigenvalue weighted by Crippen LogP contribution is -2.62. The van der Waals surface area contributed by atoms with Gasteiger partial charge in [0.25, 0.3) is 5.91 Å². The van der Waals surface area contributed by atoms with Gasteiger partial charge in [-0.05, 0) is 180 Å². The number of nitrogens with zero attached hydrogens (tertiary/aromatic N) is 4. The number of phenols is 1. The largest absolute Gasteiger partial charge is 0.508 e. The smallest absolute Gasteiger partial charge is 0.407 e. The minimum Gasteiger partial charge on any atom is -0.508 e. The van der Waals surface area contributed by atoms with Crippen LogP contribution in [0.25, 0.3) is 22.0 Å². The maximum absolute atomic E-state index is 15.5. The van der Waals surface area contributed by atoms with Gasteiger partial charge in [0.1, 0.15) is 48.6 Å². The summed E-state index contributed by atoms with van der Waals surface area (Å²) in [6.07, 6.45) is 2.46. The second kappa shape index (κ2) is 41.0. The lowest BCUT2D eigenvalue weighted by atomic mass is 9.98. The van der Waals surface area contributed by atoms with Gasteiger partial charge in [-0.25, -0.2) is 4.79 Å². The first kappa shape index (κ1) is 85.9. The summed E-state index contributed by atoms with van der Waals surface area (Å²) in [5, 5.41) is 38.6. The maximum Gasteiger partial charge on any atom is 0.407 e. The fourth-order valence-electron chi connectivity index (χ4n) is 14.8. The third-order valence-corrected chi connectivity index (χ3v) is 25.3. The van der Waals surface area contributed by atoms with Gasteiger partial charge in [0.2, 0.25) is 35.4 Å². The number of anilines is 1. The number of aromatic amines is 1. The molecule has 113 heavy (non-hydrogen) atoms. The van der Waals surface area contributed by atoms with Crippen molar-refractivity contribution in [2.24, 2.45) is 5.92 Å². The number of hydrogen-bond acceptors (Lipinski definition) is 16. The number of nitrogens with one attached hydrogen (secondary N) is 10. The van der Waals surface area contributed by atoms with E-state index in [2.05, 4.69) is 121 Å². The zero-order valence-corrected chi connectivity index (χ0v) is 68.9. The van der Waals surface area contributed by atoms with Gasteiger partial charge in [0.15, 0.2) is 5.11 Å². The summed E-state index contributed by atoms with van der Waals surface area (Å²) in [6, 6.07) is 38.0. The van der Waals surface area contributed by atoms with E-state index in [1.54, 1.807) is 56.4 Å². The van der Waals surface area contributed by atoms with Gasteiger partial charge in [-0.15, -0.1) is 0 Å². The third-order valence-electron chi connectivity index (χ3n) is 20.9. The SMILES string of the molecule is CC(C)[C@@H]1NC(=O)[C@H](CCCCNC(=O)OCC2c3ccccc3-c3ccccc32)NC(=O)[C@@H](Cc2c[nH]c3ccccc23)NC(=O)[C@H](Cc2ccc(O)cc2)NC(=O)[C@H](Cc2ccccc2)N(C)C(=O)[C@H](CCCCNC(=S)Nc2ccc(C(=O)NCCN3CCN(C)CC(C)(C)SSC(C)(C)CN(C)CC3)cc2)NC1=O. The normalized spacial score (nSPS) is 20.8. The number of ether oxygens (including phenoxy) is 1. The standard InChI is InChI=1S/C86H112N14O10S3/c1-56(2)75-81(107)93-71(32-20-21-41-88-83(111)91-61-37-35-59(36-38-61)76(102)87-43-44-100-47-45-97(7)54-85(3,4)112-113-86(5,6)55-98(8)46-48-100)82(108)99(9)74(50-57-23-11-10-12-24-57)80(106)95-72(49-58-33-39-62(101)40-34-58)78(104)94-73(51-60-52-90-69-30-18-17-25-63(60)69)79(105)92-70(77(103)96-75)31-19-22-42-89-84(109)110-53-68-66-28-15-13-26-64(66)65-27-14-16-29-67(65)68/h10-18,23-30,33-40,52,56,68,70-75,90,101H,19-22,31-32,41-51,53-55H2,1-9H3,(H,87,102)(H,89,109)(H,92,105)(H,93,107)(H,94,104)(H,95,106)(H,96,103)(H2,88,91,111)/t70-,71-,72-,73+,74-,75-/m0/s1. The van der Waals surface area contributed by atoms with Crippen LogP contribution in [0.3, 0.4) is 0 Å². The second-order valence-electron chi connectivity index (χ2n) is 31.5. The molecule has 0 spiro atoms. The molecule has 0 unspecified atom stereocenters. The number of unbranched alkanes of at least 4 members (excludes halogenated alkanes) is 2. The molecular weight excluding hydrogens is 1490 g/mol. The molecule has 2 aliphatic heterocycles. The Morgan fingerprint density at radius 1 is 0.566 bits per heavy atom. The lowest BCUT2D eigenvalue weighted by molar-refractivity contribution is -0.143. The average molecular weight is 1600 g/mol. The summed E-state index contributed by atoms with van der Waals surface area (Å²) in [5.74, 6) is -5.12. The molecule has 8 amide bonds. The van der Waals surface area contributed by atoms with Crippen LogP contribution in [0.5, 0.6) is 5.75 Å². The molecule has 3 aliphatic rings. The number of phenolic OH excluding ortho intramolecular Hbond substituents is 1. The molecule has 6 aromatic carbocycles. The number of amides is 8. The highest BCUT2D eigenvalue weighted by Crippen LogP contribution is 2.46. The van der Waals surface area contributed by atoms with Gasteiger partial charge in [-0.3, -0.25) is 38.5 Å². The number of aromatic nitrogens is 1. The number of hydrogen-bond donors (Lipinski definition) is 11. The van der Waals surface area contributed by atoms with Crippen molar-refractivity contribution >= 4 is 103 Å². The molecular formula is C86H112N14O10S3. The number of aromatic hydroxyl groups is 1. The number of fused-ring (bicyclic) bond motifs is 4. The minimum atomic E-state index is -1.38. The molecule has 3 heterocycles. The van der Waals surface area contributed by atoms with Gasteiger partial charge < -0.3 is 77.4 Å². The Balaban J connectivity index is 0.829. The molecule has 11 N–H and O–H groups in total. The number of carbonyl (C=O) groups excluding carboxylic acids is 8. The van der Waals surface area contributed by atoms with Crippen molar-refractivity contribution in [1.29, 1.82) is 0 Å². The van der Waals surface area contributed by atoms with Crippen LogP contribution in [-0.4, -0.2) is 221 Å². The number of rotatable bonds is 24. The predicted molar refractivity (Wildman–Crippen MR) is 454 cm³/mol. The van der Waals surface area contributed by atoms with E-state index in [-0.39, 0.29) is 78.7 Å². The Kier molecular flexibility index (Phi) is 31.2. The molecule has 27 heteroatoms. The minimum absolute atomic E-state index is 0.0108. The predicted octanol–water partition coefficient (Wildman–Crippen LogP) is 9.54. The van der Waals surface area contributed by atoms with Crippen molar-refractivity contribution in [2.45, 2.75) is 151 Å². The summed E-state index contributed by atoms with van der Waals surface area (Å²) in [7, 11) is 9.77. The number of alkyl carbamates (subject to hydrolysis) is 1. The molecule has 1 aromatic heterocycles. The van der Waals surface area contributed by atoms with Crippen LogP contribution in [0.2, 0.25) is 0 Å². The van der Waals surface area contributed by atoms with Crippen LogP contribution in [0.15, 0.2) is 158 Å². The van der Waals surface area contributed by atoms with Crippen molar-refractivity contribution in [3.05, 3.63) is 191 Å². The first-order valence-corrected chi connectivity index (χ1v) is 41.9. The average Bonchev–Trinajstić information content (AvgIpc) is 1.61. The number of para-hydroxylation sites is 1. The highest BCUT2D eigenvalue weighted by Gasteiger charge is 2.39. The highest BCUT2D eigenvalue weighted by molar-refractivity contribution is 8.77. The molecule has 6 atom stereocenters. The Labute approximate surface area is 677 Å². The van der Waals surface area contributed by atoms with E-state index in [1.807, 2.05) is 113 Å². The summed E-state index contributed by atoms with van der Waals surface area (Å²) in [6.45, 7) is 20.1. The van der Waals surface area contributed by atoms with Crippen molar-refractivity contribution in [3.63, 3.8) is 0 Å². The number of likely N-dealkylation sites (N-methyl/N-ethyl adjacent to an activating group) is 3. The van der Waals surface area contributed by atoms with E-state index < -0.39 is 83.7 Å².